The van der Waals surface area contributed by atoms with E-state index in [2.05, 4.69) is 5.32 Å². The number of amides is 2. The standard InChI is InChI=1S/C19H21ClN2O4/c1-22(12-14-5-4-6-15(20)9-14)19(24)21-11-13-7-8-17(25-2)16(10-13)18(23)26-3/h4-10H,11-12H2,1-3H3,(H,21,24). The van der Waals surface area contributed by atoms with Gasteiger partial charge in [-0.05, 0) is 35.4 Å². The molecule has 0 heterocycles. The van der Waals surface area contributed by atoms with E-state index < -0.39 is 5.97 Å². The number of nitrogens with one attached hydrogen (secondary N) is 1. The number of rotatable bonds is 6. The van der Waals surface area contributed by atoms with Gasteiger partial charge in [0.1, 0.15) is 11.3 Å². The van der Waals surface area contributed by atoms with Crippen molar-refractivity contribution in [3.63, 3.8) is 0 Å². The van der Waals surface area contributed by atoms with Crippen LogP contribution < -0.4 is 10.1 Å². The number of benzene rings is 2. The van der Waals surface area contributed by atoms with Crippen LogP contribution in [0.25, 0.3) is 0 Å². The van der Waals surface area contributed by atoms with Gasteiger partial charge in [0.2, 0.25) is 0 Å². The number of hydrogen-bond acceptors (Lipinski definition) is 4. The van der Waals surface area contributed by atoms with Crippen molar-refractivity contribution in [2.75, 3.05) is 21.3 Å². The second kappa shape index (κ2) is 9.10. The molecule has 0 saturated heterocycles. The molecule has 7 heteroatoms. The molecule has 2 aromatic carbocycles. The van der Waals surface area contributed by atoms with Gasteiger partial charge in [0.15, 0.2) is 0 Å². The quantitative estimate of drug-likeness (QED) is 0.784. The summed E-state index contributed by atoms with van der Waals surface area (Å²) in [7, 11) is 4.49. The lowest BCUT2D eigenvalue weighted by Gasteiger charge is -2.18. The maximum Gasteiger partial charge on any atom is 0.341 e. The molecule has 6 nitrogen and oxygen atoms in total. The van der Waals surface area contributed by atoms with E-state index in [1.807, 2.05) is 18.2 Å². The van der Waals surface area contributed by atoms with Crippen LogP contribution in [0.2, 0.25) is 5.02 Å². The predicted molar refractivity (Wildman–Crippen MR) is 99.5 cm³/mol. The predicted octanol–water partition coefficient (Wildman–Crippen LogP) is 3.48. The topological polar surface area (TPSA) is 67.9 Å². The first-order valence-corrected chi connectivity index (χ1v) is 8.31. The molecule has 26 heavy (non-hydrogen) atoms. The number of carbonyl (C=O) groups excluding carboxylic acids is 2. The molecule has 0 unspecified atom stereocenters. The molecule has 2 amide bonds. The van der Waals surface area contributed by atoms with E-state index in [9.17, 15) is 9.59 Å². The van der Waals surface area contributed by atoms with Gasteiger partial charge in [-0.15, -0.1) is 0 Å². The minimum atomic E-state index is -0.492. The Morgan fingerprint density at radius 2 is 1.88 bits per heavy atom. The first-order valence-electron chi connectivity index (χ1n) is 7.93. The summed E-state index contributed by atoms with van der Waals surface area (Å²) >= 11 is 5.96. The summed E-state index contributed by atoms with van der Waals surface area (Å²) in [5, 5.41) is 3.45. The average molecular weight is 377 g/mol. The van der Waals surface area contributed by atoms with Gasteiger partial charge in [-0.3, -0.25) is 0 Å². The van der Waals surface area contributed by atoms with Crippen molar-refractivity contribution in [1.29, 1.82) is 0 Å². The highest BCUT2D eigenvalue weighted by atomic mass is 35.5. The van der Waals surface area contributed by atoms with E-state index in [1.54, 1.807) is 36.2 Å². The summed E-state index contributed by atoms with van der Waals surface area (Å²) in [6.07, 6.45) is 0. The van der Waals surface area contributed by atoms with Gasteiger partial charge in [-0.2, -0.15) is 0 Å². The zero-order valence-corrected chi connectivity index (χ0v) is 15.7. The summed E-state index contributed by atoms with van der Waals surface area (Å²) in [6, 6.07) is 12.2. The molecule has 0 fully saturated rings. The van der Waals surface area contributed by atoms with Gasteiger partial charge >= 0.3 is 12.0 Å². The van der Waals surface area contributed by atoms with Crippen molar-refractivity contribution in [2.24, 2.45) is 0 Å². The molecular weight excluding hydrogens is 356 g/mol. The first kappa shape index (κ1) is 19.6. The molecule has 0 radical (unpaired) electrons. The first-order chi connectivity index (χ1) is 12.4. The van der Waals surface area contributed by atoms with Crippen LogP contribution in [0, 0.1) is 0 Å². The highest BCUT2D eigenvalue weighted by molar-refractivity contribution is 6.30. The van der Waals surface area contributed by atoms with E-state index in [1.165, 1.54) is 14.2 Å². The number of halogens is 1. The van der Waals surface area contributed by atoms with Crippen molar-refractivity contribution in [3.8, 4) is 5.75 Å². The van der Waals surface area contributed by atoms with Crippen LogP contribution in [0.15, 0.2) is 42.5 Å². The molecule has 0 bridgehead atoms. The molecule has 0 aliphatic carbocycles. The SMILES string of the molecule is COC(=O)c1cc(CNC(=O)N(C)Cc2cccc(Cl)c2)ccc1OC. The number of hydrogen-bond donors (Lipinski definition) is 1. The van der Waals surface area contributed by atoms with Crippen LogP contribution >= 0.6 is 11.6 Å². The van der Waals surface area contributed by atoms with Crippen molar-refractivity contribution in [3.05, 3.63) is 64.2 Å². The van der Waals surface area contributed by atoms with E-state index in [4.69, 9.17) is 21.1 Å². The smallest absolute Gasteiger partial charge is 0.341 e. The third-order valence-electron chi connectivity index (χ3n) is 3.77. The minimum absolute atomic E-state index is 0.236. The summed E-state index contributed by atoms with van der Waals surface area (Å²) in [5.74, 6) is -0.0712. The van der Waals surface area contributed by atoms with Crippen LogP contribution in [0.4, 0.5) is 4.79 Å². The zero-order valence-electron chi connectivity index (χ0n) is 14.9. The van der Waals surface area contributed by atoms with Crippen LogP contribution in [0.3, 0.4) is 0 Å². The maximum atomic E-state index is 12.3. The van der Waals surface area contributed by atoms with E-state index in [-0.39, 0.29) is 12.6 Å². The lowest BCUT2D eigenvalue weighted by atomic mass is 10.1. The number of ether oxygens (including phenoxy) is 2. The normalized spacial score (nSPS) is 10.2. The molecule has 0 saturated carbocycles. The van der Waals surface area contributed by atoms with Crippen LogP contribution in [0.5, 0.6) is 5.75 Å². The number of esters is 1. The Kier molecular flexibility index (Phi) is 6.86. The van der Waals surface area contributed by atoms with Crippen LogP contribution in [0.1, 0.15) is 21.5 Å². The Hall–Kier alpha value is -2.73. The van der Waals surface area contributed by atoms with Gasteiger partial charge in [-0.1, -0.05) is 29.8 Å². The largest absolute Gasteiger partial charge is 0.496 e. The highest BCUT2D eigenvalue weighted by Gasteiger charge is 2.14. The monoisotopic (exact) mass is 376 g/mol. The molecule has 0 spiro atoms. The second-order valence-electron chi connectivity index (χ2n) is 5.67. The Balaban J connectivity index is 1.99. The van der Waals surface area contributed by atoms with Crippen LogP contribution in [-0.2, 0) is 17.8 Å². The van der Waals surface area contributed by atoms with E-state index in [0.29, 0.717) is 22.9 Å². The summed E-state index contributed by atoms with van der Waals surface area (Å²) in [4.78, 5) is 25.6. The molecule has 138 valence electrons. The zero-order chi connectivity index (χ0) is 19.1. The molecule has 0 atom stereocenters. The maximum absolute atomic E-state index is 12.3. The van der Waals surface area contributed by atoms with E-state index >= 15 is 0 Å². The van der Waals surface area contributed by atoms with Gasteiger partial charge < -0.3 is 19.7 Å². The second-order valence-corrected chi connectivity index (χ2v) is 6.11. The van der Waals surface area contributed by atoms with Gasteiger partial charge in [0.05, 0.1) is 14.2 Å². The fraction of sp³-hybridized carbons (Fsp3) is 0.263. The Bertz CT molecular complexity index is 795. The Labute approximate surface area is 157 Å². The minimum Gasteiger partial charge on any atom is -0.496 e. The Morgan fingerprint density at radius 3 is 2.54 bits per heavy atom. The molecule has 0 aliphatic rings. The van der Waals surface area contributed by atoms with Gasteiger partial charge in [0.25, 0.3) is 0 Å². The molecule has 0 aliphatic heterocycles. The lowest BCUT2D eigenvalue weighted by molar-refractivity contribution is 0.0597. The summed E-state index contributed by atoms with van der Waals surface area (Å²) in [5.41, 5.74) is 2.01. The summed E-state index contributed by atoms with van der Waals surface area (Å²) < 4.78 is 9.90. The van der Waals surface area contributed by atoms with Crippen molar-refractivity contribution in [1.82, 2.24) is 10.2 Å². The van der Waals surface area contributed by atoms with Crippen LogP contribution in [-0.4, -0.2) is 38.2 Å². The number of carbonyl (C=O) groups is 2. The number of urea groups is 1. The average Bonchev–Trinajstić information content (AvgIpc) is 2.65. The molecule has 2 aromatic rings. The molecule has 0 aromatic heterocycles. The van der Waals surface area contributed by atoms with Gasteiger partial charge in [-0.25, -0.2) is 9.59 Å². The Morgan fingerprint density at radius 1 is 1.12 bits per heavy atom. The lowest BCUT2D eigenvalue weighted by Crippen LogP contribution is -2.36. The third-order valence-corrected chi connectivity index (χ3v) is 4.00. The van der Waals surface area contributed by atoms with Crippen molar-refractivity contribution in [2.45, 2.75) is 13.1 Å². The van der Waals surface area contributed by atoms with Gasteiger partial charge in [0, 0.05) is 25.2 Å². The fourth-order valence-electron chi connectivity index (χ4n) is 2.43. The molecular formula is C19H21ClN2O4. The molecule has 2 rings (SSSR count). The van der Waals surface area contributed by atoms with E-state index in [0.717, 1.165) is 11.1 Å². The van der Waals surface area contributed by atoms with Crippen molar-refractivity contribution >= 4 is 23.6 Å². The fourth-order valence-corrected chi connectivity index (χ4v) is 2.64. The number of methoxy groups -OCH3 is 2. The molecule has 1 N–H and O–H groups in total. The highest BCUT2D eigenvalue weighted by Crippen LogP contribution is 2.21. The third kappa shape index (κ3) is 5.13. The number of nitrogens with zero attached hydrogens (tertiary/aromatic N) is 1. The summed E-state index contributed by atoms with van der Waals surface area (Å²) in [6.45, 7) is 0.703. The van der Waals surface area contributed by atoms with Crippen molar-refractivity contribution < 1.29 is 19.1 Å².